The molecule has 2 aromatic heterocycles. The summed E-state index contributed by atoms with van der Waals surface area (Å²) in [6.07, 6.45) is 3.46. The van der Waals surface area contributed by atoms with Crippen LogP contribution in [0.3, 0.4) is 0 Å². The third kappa shape index (κ3) is 2.19. The summed E-state index contributed by atoms with van der Waals surface area (Å²) in [6, 6.07) is 0.170. The van der Waals surface area contributed by atoms with E-state index in [9.17, 15) is 0 Å². The van der Waals surface area contributed by atoms with Crippen molar-refractivity contribution in [1.29, 1.82) is 0 Å². The monoisotopic (exact) mass is 333 g/mol. The Labute approximate surface area is 104 Å². The van der Waals surface area contributed by atoms with Crippen molar-refractivity contribution in [2.45, 2.75) is 0 Å². The number of nitrogens with zero attached hydrogens (tertiary/aromatic N) is 5. The summed E-state index contributed by atoms with van der Waals surface area (Å²) in [7, 11) is 1.46. The van der Waals surface area contributed by atoms with Gasteiger partial charge in [-0.25, -0.2) is 10.5 Å². The lowest BCUT2D eigenvalue weighted by Gasteiger charge is -2.04. The van der Waals surface area contributed by atoms with Crippen LogP contribution < -0.4 is 16.0 Å². The lowest BCUT2D eigenvalue weighted by Crippen LogP contribution is -2.14. The molecule has 2 rings (SSSR count). The summed E-state index contributed by atoms with van der Waals surface area (Å²) in [6.45, 7) is 0. The SMILES string of the molecule is COc1nc(NN)nc(-n2cc(I)cn2)n1. The van der Waals surface area contributed by atoms with Crippen molar-refractivity contribution in [3.63, 3.8) is 0 Å². The molecule has 8 nitrogen and oxygen atoms in total. The Kier molecular flexibility index (Phi) is 3.14. The summed E-state index contributed by atoms with van der Waals surface area (Å²) in [4.78, 5) is 12.0. The van der Waals surface area contributed by atoms with E-state index in [-0.39, 0.29) is 12.0 Å². The van der Waals surface area contributed by atoms with Crippen LogP contribution in [0.5, 0.6) is 6.01 Å². The number of rotatable bonds is 3. The Morgan fingerprint density at radius 3 is 2.81 bits per heavy atom. The van der Waals surface area contributed by atoms with Crippen LogP contribution in [0.4, 0.5) is 5.95 Å². The largest absolute Gasteiger partial charge is 0.467 e. The van der Waals surface area contributed by atoms with Gasteiger partial charge in [-0.2, -0.15) is 20.1 Å². The van der Waals surface area contributed by atoms with Gasteiger partial charge in [0.15, 0.2) is 0 Å². The first-order chi connectivity index (χ1) is 7.72. The second-order valence-corrected chi connectivity index (χ2v) is 3.94. The Morgan fingerprint density at radius 1 is 1.44 bits per heavy atom. The van der Waals surface area contributed by atoms with Gasteiger partial charge in [0.1, 0.15) is 0 Å². The van der Waals surface area contributed by atoms with Crippen LogP contribution in [0, 0.1) is 3.57 Å². The first kappa shape index (κ1) is 11.0. The fraction of sp³-hybridized carbons (Fsp3) is 0.143. The molecule has 84 valence electrons. The minimum atomic E-state index is 0.170. The average molecular weight is 333 g/mol. The molecule has 0 saturated heterocycles. The molecule has 0 spiro atoms. The smallest absolute Gasteiger partial charge is 0.322 e. The van der Waals surface area contributed by atoms with Gasteiger partial charge in [0.2, 0.25) is 5.95 Å². The first-order valence-electron chi connectivity index (χ1n) is 4.20. The summed E-state index contributed by atoms with van der Waals surface area (Å²) in [5, 5.41) is 4.07. The van der Waals surface area contributed by atoms with E-state index in [1.165, 1.54) is 11.8 Å². The highest BCUT2D eigenvalue weighted by Gasteiger charge is 2.08. The van der Waals surface area contributed by atoms with Crippen molar-refractivity contribution < 1.29 is 4.74 Å². The fourth-order valence-corrected chi connectivity index (χ4v) is 1.40. The van der Waals surface area contributed by atoms with Crippen LogP contribution in [-0.4, -0.2) is 31.8 Å². The molecule has 3 N–H and O–H groups in total. The highest BCUT2D eigenvalue weighted by Crippen LogP contribution is 2.10. The zero-order chi connectivity index (χ0) is 11.5. The number of nitrogens with two attached hydrogens (primary N) is 1. The molecule has 0 aliphatic rings. The van der Waals surface area contributed by atoms with Crippen LogP contribution in [-0.2, 0) is 0 Å². The number of nitrogen functional groups attached to an aromatic ring is 1. The van der Waals surface area contributed by atoms with Gasteiger partial charge >= 0.3 is 6.01 Å². The number of anilines is 1. The van der Waals surface area contributed by atoms with Crippen LogP contribution in [0.1, 0.15) is 0 Å². The highest BCUT2D eigenvalue weighted by molar-refractivity contribution is 14.1. The van der Waals surface area contributed by atoms with E-state index >= 15 is 0 Å². The zero-order valence-corrected chi connectivity index (χ0v) is 10.4. The van der Waals surface area contributed by atoms with Gasteiger partial charge in [-0.1, -0.05) is 0 Å². The molecular weight excluding hydrogens is 325 g/mol. The lowest BCUT2D eigenvalue weighted by molar-refractivity contribution is 0.377. The van der Waals surface area contributed by atoms with Gasteiger partial charge in [0.05, 0.1) is 16.9 Å². The molecule has 2 heterocycles. The van der Waals surface area contributed by atoms with E-state index in [4.69, 9.17) is 10.6 Å². The number of methoxy groups -OCH3 is 1. The Hall–Kier alpha value is -1.49. The minimum absolute atomic E-state index is 0.170. The quantitative estimate of drug-likeness (QED) is 0.461. The topological polar surface area (TPSA) is 104 Å². The summed E-state index contributed by atoms with van der Waals surface area (Å²) in [5.74, 6) is 5.79. The normalized spacial score (nSPS) is 10.2. The van der Waals surface area contributed by atoms with Crippen LogP contribution in [0.15, 0.2) is 12.4 Å². The van der Waals surface area contributed by atoms with Crippen LogP contribution in [0.25, 0.3) is 5.95 Å². The molecule has 0 atom stereocenters. The summed E-state index contributed by atoms with van der Waals surface area (Å²) in [5.41, 5.74) is 2.33. The average Bonchev–Trinajstić information content (AvgIpc) is 2.75. The van der Waals surface area contributed by atoms with Gasteiger partial charge in [-0.3, -0.25) is 5.43 Å². The van der Waals surface area contributed by atoms with E-state index < -0.39 is 0 Å². The van der Waals surface area contributed by atoms with Crippen LogP contribution in [0.2, 0.25) is 0 Å². The van der Waals surface area contributed by atoms with Crippen molar-refractivity contribution in [3.05, 3.63) is 16.0 Å². The molecular formula is C7H8IN7O. The van der Waals surface area contributed by atoms with E-state index in [1.807, 2.05) is 0 Å². The first-order valence-corrected chi connectivity index (χ1v) is 5.28. The second-order valence-electron chi connectivity index (χ2n) is 2.69. The Balaban J connectivity index is 2.47. The maximum absolute atomic E-state index is 5.24. The van der Waals surface area contributed by atoms with Crippen molar-refractivity contribution in [2.24, 2.45) is 5.84 Å². The predicted octanol–water partition coefficient (Wildman–Crippen LogP) is -0.0439. The van der Waals surface area contributed by atoms with Crippen molar-refractivity contribution in [1.82, 2.24) is 24.7 Å². The Morgan fingerprint density at radius 2 is 2.25 bits per heavy atom. The van der Waals surface area contributed by atoms with Gasteiger partial charge in [-0.05, 0) is 22.6 Å². The molecule has 0 bridgehead atoms. The second kappa shape index (κ2) is 4.57. The predicted molar refractivity (Wildman–Crippen MR) is 64.0 cm³/mol. The molecule has 0 aromatic carbocycles. The fourth-order valence-electron chi connectivity index (χ4n) is 1.01. The van der Waals surface area contributed by atoms with Crippen molar-refractivity contribution >= 4 is 28.5 Å². The third-order valence-electron chi connectivity index (χ3n) is 1.67. The number of hydrazine groups is 1. The molecule has 16 heavy (non-hydrogen) atoms. The summed E-state index contributed by atoms with van der Waals surface area (Å²) >= 11 is 2.14. The third-order valence-corrected chi connectivity index (χ3v) is 2.23. The molecule has 0 saturated carbocycles. The molecule has 9 heteroatoms. The highest BCUT2D eigenvalue weighted by atomic mass is 127. The number of hydrogen-bond acceptors (Lipinski definition) is 7. The van der Waals surface area contributed by atoms with E-state index in [0.717, 1.165) is 3.57 Å². The lowest BCUT2D eigenvalue weighted by atomic mass is 10.7. The van der Waals surface area contributed by atoms with E-state index in [2.05, 4.69) is 48.1 Å². The molecule has 0 amide bonds. The molecule has 2 aromatic rings. The molecule has 0 aliphatic heterocycles. The zero-order valence-electron chi connectivity index (χ0n) is 8.25. The molecule has 0 fully saturated rings. The maximum Gasteiger partial charge on any atom is 0.322 e. The minimum Gasteiger partial charge on any atom is -0.467 e. The standard InChI is InChI=1S/C7H8IN7O/c1-16-7-12-5(14-9)11-6(13-7)15-3-4(8)2-10-15/h2-3H,9H2,1H3,(H,11,12,13,14). The van der Waals surface area contributed by atoms with Crippen molar-refractivity contribution in [3.8, 4) is 12.0 Å². The van der Waals surface area contributed by atoms with Crippen LogP contribution >= 0.6 is 22.6 Å². The number of hydrogen-bond donors (Lipinski definition) is 2. The number of halogens is 1. The van der Waals surface area contributed by atoms with Gasteiger partial charge in [0.25, 0.3) is 5.95 Å². The molecule has 0 radical (unpaired) electrons. The molecule has 0 aliphatic carbocycles. The number of ether oxygens (including phenoxy) is 1. The van der Waals surface area contributed by atoms with E-state index in [0.29, 0.717) is 5.95 Å². The van der Waals surface area contributed by atoms with Gasteiger partial charge < -0.3 is 4.74 Å². The molecule has 0 unspecified atom stereocenters. The maximum atomic E-state index is 5.24. The number of nitrogens with one attached hydrogen (secondary N) is 1. The van der Waals surface area contributed by atoms with Gasteiger partial charge in [-0.15, -0.1) is 0 Å². The number of aromatic nitrogens is 5. The van der Waals surface area contributed by atoms with Gasteiger partial charge in [0, 0.05) is 6.20 Å². The van der Waals surface area contributed by atoms with E-state index in [1.54, 1.807) is 12.4 Å². The summed E-state index contributed by atoms with van der Waals surface area (Å²) < 4.78 is 7.40. The van der Waals surface area contributed by atoms with Crippen molar-refractivity contribution in [2.75, 3.05) is 12.5 Å². The Bertz CT molecular complexity index is 477.